The summed E-state index contributed by atoms with van der Waals surface area (Å²) in [5.74, 6) is 3.33. The topological polar surface area (TPSA) is 75.9 Å². The summed E-state index contributed by atoms with van der Waals surface area (Å²) in [7, 11) is 1.78. The Morgan fingerprint density at radius 2 is 2.15 bits per heavy atom. The van der Waals surface area contributed by atoms with Crippen LogP contribution in [0.2, 0.25) is 0 Å². The van der Waals surface area contributed by atoms with Gasteiger partial charge in [-0.25, -0.2) is 4.98 Å². The van der Waals surface area contributed by atoms with Crippen molar-refractivity contribution in [3.05, 3.63) is 42.6 Å². The number of hydrogen-bond donors (Lipinski definition) is 3. The van der Waals surface area contributed by atoms with E-state index < -0.39 is 0 Å². The molecule has 0 aliphatic carbocycles. The minimum Gasteiger partial charge on any atom is -0.373 e. The van der Waals surface area contributed by atoms with Gasteiger partial charge in [-0.05, 0) is 12.1 Å². The molecule has 0 amide bonds. The molecule has 2 rings (SSSR count). The number of nitrogens with zero attached hydrogens (tertiary/aromatic N) is 2. The molecule has 2 aromatic rings. The standard InChI is InChI=1S/C15H15N5/c1-4-10(2)18-12-7-5-6-11(8-12)13-9-14(17-3)20-15(16)19-13/h1,5-9,18H,2H2,3H3,(H3,16,17,19,20). The third kappa shape index (κ3) is 3.06. The predicted molar refractivity (Wildman–Crippen MR) is 83.0 cm³/mol. The summed E-state index contributed by atoms with van der Waals surface area (Å²) in [4.78, 5) is 8.29. The van der Waals surface area contributed by atoms with Crippen molar-refractivity contribution in [3.63, 3.8) is 0 Å². The molecule has 4 N–H and O–H groups in total. The highest BCUT2D eigenvalue weighted by atomic mass is 15.1. The van der Waals surface area contributed by atoms with Gasteiger partial charge in [-0.1, -0.05) is 24.6 Å². The fourth-order valence-electron chi connectivity index (χ4n) is 1.71. The molecule has 5 nitrogen and oxygen atoms in total. The number of anilines is 3. The lowest BCUT2D eigenvalue weighted by molar-refractivity contribution is 1.18. The molecule has 0 saturated heterocycles. The smallest absolute Gasteiger partial charge is 0.222 e. The van der Waals surface area contributed by atoms with E-state index in [4.69, 9.17) is 12.2 Å². The molecule has 100 valence electrons. The van der Waals surface area contributed by atoms with Crippen molar-refractivity contribution in [2.45, 2.75) is 0 Å². The maximum absolute atomic E-state index is 5.69. The number of nitrogen functional groups attached to an aromatic ring is 1. The Kier molecular flexibility index (Phi) is 3.87. The van der Waals surface area contributed by atoms with Crippen molar-refractivity contribution in [2.75, 3.05) is 23.4 Å². The fourth-order valence-corrected chi connectivity index (χ4v) is 1.71. The highest BCUT2D eigenvalue weighted by molar-refractivity contribution is 5.69. The van der Waals surface area contributed by atoms with Crippen LogP contribution in [0.4, 0.5) is 17.5 Å². The van der Waals surface area contributed by atoms with Crippen LogP contribution < -0.4 is 16.4 Å². The molecule has 1 heterocycles. The van der Waals surface area contributed by atoms with Crippen LogP contribution in [-0.4, -0.2) is 17.0 Å². The van der Waals surface area contributed by atoms with E-state index in [0.717, 1.165) is 16.9 Å². The first kappa shape index (κ1) is 13.4. The van der Waals surface area contributed by atoms with Gasteiger partial charge in [0.1, 0.15) is 5.82 Å². The van der Waals surface area contributed by atoms with Gasteiger partial charge in [-0.3, -0.25) is 0 Å². The average molecular weight is 265 g/mol. The molecule has 0 aliphatic heterocycles. The number of nitrogens with two attached hydrogens (primary N) is 1. The number of terminal acetylenes is 1. The van der Waals surface area contributed by atoms with Crippen LogP contribution >= 0.6 is 0 Å². The predicted octanol–water partition coefficient (Wildman–Crippen LogP) is 2.33. The van der Waals surface area contributed by atoms with Crippen LogP contribution in [0, 0.1) is 12.3 Å². The van der Waals surface area contributed by atoms with Gasteiger partial charge in [0, 0.05) is 24.4 Å². The van der Waals surface area contributed by atoms with Crippen molar-refractivity contribution in [2.24, 2.45) is 0 Å². The summed E-state index contributed by atoms with van der Waals surface area (Å²) in [6.45, 7) is 3.71. The van der Waals surface area contributed by atoms with E-state index in [2.05, 4.69) is 33.1 Å². The maximum atomic E-state index is 5.69. The molecule has 0 radical (unpaired) electrons. The zero-order valence-corrected chi connectivity index (χ0v) is 11.1. The molecule has 1 aromatic heterocycles. The second-order valence-electron chi connectivity index (χ2n) is 4.08. The Balaban J connectivity index is 2.38. The van der Waals surface area contributed by atoms with Crippen molar-refractivity contribution < 1.29 is 0 Å². The molecule has 0 atom stereocenters. The molecule has 0 saturated carbocycles. The summed E-state index contributed by atoms with van der Waals surface area (Å²) in [5, 5.41) is 5.97. The van der Waals surface area contributed by atoms with Crippen LogP contribution in [0.5, 0.6) is 0 Å². The van der Waals surface area contributed by atoms with Crippen molar-refractivity contribution in [1.29, 1.82) is 0 Å². The van der Waals surface area contributed by atoms with Gasteiger partial charge >= 0.3 is 0 Å². The Hall–Kier alpha value is -3.00. The van der Waals surface area contributed by atoms with Gasteiger partial charge in [-0.2, -0.15) is 4.98 Å². The zero-order chi connectivity index (χ0) is 14.5. The number of nitrogens with one attached hydrogen (secondary N) is 2. The Bertz CT molecular complexity index is 685. The largest absolute Gasteiger partial charge is 0.373 e. The Labute approximate surface area is 118 Å². The third-order valence-corrected chi connectivity index (χ3v) is 2.63. The lowest BCUT2D eigenvalue weighted by atomic mass is 10.1. The molecular weight excluding hydrogens is 250 g/mol. The number of hydrogen-bond acceptors (Lipinski definition) is 5. The number of rotatable bonds is 4. The fraction of sp³-hybridized carbons (Fsp3) is 0.0667. The normalized spacial score (nSPS) is 9.60. The van der Waals surface area contributed by atoms with Crippen LogP contribution in [0.3, 0.4) is 0 Å². The van der Waals surface area contributed by atoms with Gasteiger partial charge in [0.25, 0.3) is 0 Å². The van der Waals surface area contributed by atoms with Gasteiger partial charge in [0.2, 0.25) is 5.95 Å². The summed E-state index contributed by atoms with van der Waals surface area (Å²) in [5.41, 5.74) is 8.68. The van der Waals surface area contributed by atoms with Crippen molar-refractivity contribution in [3.8, 4) is 23.6 Å². The van der Waals surface area contributed by atoms with Crippen LogP contribution in [-0.2, 0) is 0 Å². The number of allylic oxidation sites excluding steroid dienone is 1. The Morgan fingerprint density at radius 1 is 1.35 bits per heavy atom. The molecule has 5 heteroatoms. The molecule has 0 aliphatic rings. The monoisotopic (exact) mass is 265 g/mol. The van der Waals surface area contributed by atoms with Gasteiger partial charge in [0.05, 0.1) is 11.4 Å². The Morgan fingerprint density at radius 3 is 2.85 bits per heavy atom. The SMILES string of the molecule is C#CC(=C)Nc1cccc(-c2cc(NC)nc(N)n2)c1. The molecule has 0 unspecified atom stereocenters. The summed E-state index contributed by atoms with van der Waals surface area (Å²) >= 11 is 0. The summed E-state index contributed by atoms with van der Waals surface area (Å²) in [6, 6.07) is 9.48. The van der Waals surface area contributed by atoms with Crippen LogP contribution in [0.15, 0.2) is 42.6 Å². The molecule has 0 bridgehead atoms. The first-order valence-corrected chi connectivity index (χ1v) is 5.97. The minimum absolute atomic E-state index is 0.221. The van der Waals surface area contributed by atoms with E-state index in [1.165, 1.54) is 0 Å². The molecule has 0 fully saturated rings. The van der Waals surface area contributed by atoms with Crippen LogP contribution in [0.1, 0.15) is 0 Å². The third-order valence-electron chi connectivity index (χ3n) is 2.63. The zero-order valence-electron chi connectivity index (χ0n) is 11.1. The molecule has 20 heavy (non-hydrogen) atoms. The molecule has 1 aromatic carbocycles. The second kappa shape index (κ2) is 5.76. The lowest BCUT2D eigenvalue weighted by Gasteiger charge is -2.08. The van der Waals surface area contributed by atoms with E-state index in [0.29, 0.717) is 11.5 Å². The quantitative estimate of drug-likeness (QED) is 0.740. The average Bonchev–Trinajstić information content (AvgIpc) is 2.46. The van der Waals surface area contributed by atoms with Gasteiger partial charge < -0.3 is 16.4 Å². The number of aromatic nitrogens is 2. The molecular formula is C15H15N5. The van der Waals surface area contributed by atoms with E-state index in [-0.39, 0.29) is 5.95 Å². The lowest BCUT2D eigenvalue weighted by Crippen LogP contribution is -2.01. The second-order valence-corrected chi connectivity index (χ2v) is 4.08. The highest BCUT2D eigenvalue weighted by Crippen LogP contribution is 2.23. The first-order valence-electron chi connectivity index (χ1n) is 5.97. The minimum atomic E-state index is 0.221. The van der Waals surface area contributed by atoms with Crippen LogP contribution in [0.25, 0.3) is 11.3 Å². The van der Waals surface area contributed by atoms with E-state index >= 15 is 0 Å². The highest BCUT2D eigenvalue weighted by Gasteiger charge is 2.05. The van der Waals surface area contributed by atoms with Crippen molar-refractivity contribution >= 4 is 17.5 Å². The summed E-state index contributed by atoms with van der Waals surface area (Å²) in [6.07, 6.45) is 5.27. The molecule has 0 spiro atoms. The van der Waals surface area contributed by atoms with E-state index in [1.54, 1.807) is 7.05 Å². The number of benzene rings is 1. The van der Waals surface area contributed by atoms with Crippen molar-refractivity contribution in [1.82, 2.24) is 9.97 Å². The van der Waals surface area contributed by atoms with E-state index in [9.17, 15) is 0 Å². The summed E-state index contributed by atoms with van der Waals surface area (Å²) < 4.78 is 0. The van der Waals surface area contributed by atoms with E-state index in [1.807, 2.05) is 30.3 Å². The van der Waals surface area contributed by atoms with Gasteiger partial charge in [0.15, 0.2) is 0 Å². The maximum Gasteiger partial charge on any atom is 0.222 e. The van der Waals surface area contributed by atoms with Gasteiger partial charge in [-0.15, -0.1) is 6.42 Å². The first-order chi connectivity index (χ1) is 9.62.